The molecule has 0 aromatic rings. The predicted octanol–water partition coefficient (Wildman–Crippen LogP) is 4.68. The Morgan fingerprint density at radius 1 is 0.810 bits per heavy atom. The van der Waals surface area contributed by atoms with E-state index >= 15 is 0 Å². The fraction of sp³-hybridized carbons (Fsp3) is 0.882. The van der Waals surface area contributed by atoms with Gasteiger partial charge in [-0.1, -0.05) is 38.0 Å². The van der Waals surface area contributed by atoms with Crippen molar-refractivity contribution in [3.63, 3.8) is 0 Å². The van der Waals surface area contributed by atoms with Gasteiger partial charge in [0.25, 0.3) is 0 Å². The molecule has 0 bridgehead atoms. The molecule has 0 aliphatic carbocycles. The van der Waals surface area contributed by atoms with Crippen LogP contribution in [0, 0.1) is 5.41 Å². The summed E-state index contributed by atoms with van der Waals surface area (Å²) in [6.07, 6.45) is 5.76. The van der Waals surface area contributed by atoms with Crippen molar-refractivity contribution in [2.75, 3.05) is 0 Å². The molecule has 21 heavy (non-hydrogen) atoms. The molecule has 0 saturated heterocycles. The molecule has 0 N–H and O–H groups in total. The van der Waals surface area contributed by atoms with Gasteiger partial charge in [0.1, 0.15) is 11.2 Å². The van der Waals surface area contributed by atoms with Gasteiger partial charge in [-0.3, -0.25) is 0 Å². The topological polar surface area (TPSA) is 43.2 Å². The highest BCUT2D eigenvalue weighted by Gasteiger charge is 2.47. The van der Waals surface area contributed by atoms with Crippen molar-refractivity contribution >= 4 is 11.4 Å². The molecule has 2 aliphatic rings. The van der Waals surface area contributed by atoms with Gasteiger partial charge in [0, 0.05) is 18.3 Å². The molecule has 0 unspecified atom stereocenters. The van der Waals surface area contributed by atoms with Gasteiger partial charge in [0.15, 0.2) is 0 Å². The second kappa shape index (κ2) is 5.62. The monoisotopic (exact) mass is 294 g/mol. The van der Waals surface area contributed by atoms with Crippen LogP contribution in [0.1, 0.15) is 80.1 Å². The SMILES string of the molecule is CCC1(CC)CC(C(C)(C)C2=NOC(CC)(CC)C2)=NO1. The summed E-state index contributed by atoms with van der Waals surface area (Å²) in [6.45, 7) is 13.1. The molecule has 4 heteroatoms. The predicted molar refractivity (Wildman–Crippen MR) is 86.7 cm³/mol. The average molecular weight is 294 g/mol. The van der Waals surface area contributed by atoms with Gasteiger partial charge in [-0.25, -0.2) is 0 Å². The third-order valence-corrected chi connectivity index (χ3v) is 5.70. The summed E-state index contributed by atoms with van der Waals surface area (Å²) < 4.78 is 0. The quantitative estimate of drug-likeness (QED) is 0.713. The van der Waals surface area contributed by atoms with Gasteiger partial charge in [0.05, 0.1) is 11.4 Å². The summed E-state index contributed by atoms with van der Waals surface area (Å²) in [5.41, 5.74) is 1.81. The molecule has 2 rings (SSSR count). The molecule has 0 amide bonds. The average Bonchev–Trinajstić information content (AvgIpc) is 3.13. The van der Waals surface area contributed by atoms with Gasteiger partial charge in [-0.05, 0) is 39.5 Å². The Balaban J connectivity index is 2.14. The number of nitrogens with zero attached hydrogens (tertiary/aromatic N) is 2. The van der Waals surface area contributed by atoms with Crippen molar-refractivity contribution in [3.05, 3.63) is 0 Å². The lowest BCUT2D eigenvalue weighted by atomic mass is 9.73. The number of hydrogen-bond acceptors (Lipinski definition) is 4. The van der Waals surface area contributed by atoms with E-state index in [-0.39, 0.29) is 16.6 Å². The van der Waals surface area contributed by atoms with Crippen molar-refractivity contribution in [1.82, 2.24) is 0 Å². The van der Waals surface area contributed by atoms with Crippen LogP contribution in [-0.4, -0.2) is 22.6 Å². The molecular weight excluding hydrogens is 264 g/mol. The minimum atomic E-state index is -0.182. The number of oxime groups is 2. The molecule has 0 atom stereocenters. The Hall–Kier alpha value is -1.06. The van der Waals surface area contributed by atoms with Gasteiger partial charge in [0.2, 0.25) is 0 Å². The van der Waals surface area contributed by atoms with Crippen molar-refractivity contribution in [1.29, 1.82) is 0 Å². The first-order chi connectivity index (χ1) is 9.87. The Morgan fingerprint density at radius 2 is 1.14 bits per heavy atom. The largest absolute Gasteiger partial charge is 0.389 e. The summed E-state index contributed by atoms with van der Waals surface area (Å²) in [5, 5.41) is 8.85. The second-order valence-corrected chi connectivity index (χ2v) is 7.02. The lowest BCUT2D eigenvalue weighted by Gasteiger charge is -2.28. The van der Waals surface area contributed by atoms with Gasteiger partial charge < -0.3 is 9.68 Å². The Morgan fingerprint density at radius 3 is 1.38 bits per heavy atom. The Bertz CT molecular complexity index is 404. The van der Waals surface area contributed by atoms with E-state index in [1.165, 1.54) is 0 Å². The van der Waals surface area contributed by atoms with Gasteiger partial charge >= 0.3 is 0 Å². The molecular formula is C17H30N2O2. The molecule has 0 aromatic carbocycles. The lowest BCUT2D eigenvalue weighted by Crippen LogP contribution is -2.38. The Kier molecular flexibility index (Phi) is 4.36. The summed E-state index contributed by atoms with van der Waals surface area (Å²) in [4.78, 5) is 11.6. The molecule has 2 heterocycles. The van der Waals surface area contributed by atoms with Gasteiger partial charge in [-0.2, -0.15) is 0 Å². The lowest BCUT2D eigenvalue weighted by molar-refractivity contribution is -0.0245. The van der Waals surface area contributed by atoms with Crippen LogP contribution >= 0.6 is 0 Å². The third-order valence-electron chi connectivity index (χ3n) is 5.70. The summed E-state index contributed by atoms with van der Waals surface area (Å²) in [5.74, 6) is 0. The zero-order valence-corrected chi connectivity index (χ0v) is 14.5. The van der Waals surface area contributed by atoms with Crippen LogP contribution < -0.4 is 0 Å². The smallest absolute Gasteiger partial charge is 0.142 e. The van der Waals surface area contributed by atoms with Crippen LogP contribution in [0.5, 0.6) is 0 Å². The van der Waals surface area contributed by atoms with Crippen LogP contribution in [0.25, 0.3) is 0 Å². The molecule has 2 aliphatic heterocycles. The molecule has 120 valence electrons. The zero-order chi connectivity index (χ0) is 15.7. The maximum absolute atomic E-state index is 5.79. The van der Waals surface area contributed by atoms with Gasteiger partial charge in [-0.15, -0.1) is 0 Å². The highest BCUT2D eigenvalue weighted by Crippen LogP contribution is 2.42. The molecule has 0 radical (unpaired) electrons. The molecule has 4 nitrogen and oxygen atoms in total. The molecule has 0 fully saturated rings. The minimum absolute atomic E-state index is 0.112. The zero-order valence-electron chi connectivity index (χ0n) is 14.5. The van der Waals surface area contributed by atoms with E-state index in [0.717, 1.165) is 49.9 Å². The summed E-state index contributed by atoms with van der Waals surface area (Å²) in [6, 6.07) is 0. The van der Waals surface area contributed by atoms with Crippen molar-refractivity contribution in [3.8, 4) is 0 Å². The summed E-state index contributed by atoms with van der Waals surface area (Å²) >= 11 is 0. The highest BCUT2D eigenvalue weighted by molar-refractivity contribution is 6.12. The van der Waals surface area contributed by atoms with Crippen molar-refractivity contribution in [2.24, 2.45) is 15.7 Å². The molecule has 0 spiro atoms. The Labute approximate surface area is 128 Å². The first-order valence-electron chi connectivity index (χ1n) is 8.38. The summed E-state index contributed by atoms with van der Waals surface area (Å²) in [7, 11) is 0. The van der Waals surface area contributed by atoms with Crippen LogP contribution in [0.3, 0.4) is 0 Å². The number of hydrogen-bond donors (Lipinski definition) is 0. The normalized spacial score (nSPS) is 23.3. The van der Waals surface area contributed by atoms with E-state index in [1.807, 2.05) is 0 Å². The van der Waals surface area contributed by atoms with E-state index in [1.54, 1.807) is 0 Å². The van der Waals surface area contributed by atoms with E-state index in [0.29, 0.717) is 0 Å². The van der Waals surface area contributed by atoms with E-state index in [9.17, 15) is 0 Å². The first-order valence-corrected chi connectivity index (χ1v) is 8.38. The minimum Gasteiger partial charge on any atom is -0.389 e. The second-order valence-electron chi connectivity index (χ2n) is 7.02. The standard InChI is InChI=1S/C17H30N2O2/c1-7-16(8-2)11-13(18-20-16)15(5,6)14-12-17(9-3,10-4)21-19-14/h7-12H2,1-6H3. The van der Waals surface area contributed by atoms with E-state index in [4.69, 9.17) is 9.68 Å². The van der Waals surface area contributed by atoms with Crippen molar-refractivity contribution < 1.29 is 9.68 Å². The van der Waals surface area contributed by atoms with Crippen LogP contribution in [-0.2, 0) is 9.68 Å². The van der Waals surface area contributed by atoms with Crippen molar-refractivity contribution in [2.45, 2.75) is 91.3 Å². The maximum atomic E-state index is 5.79. The highest BCUT2D eigenvalue weighted by atomic mass is 16.7. The van der Waals surface area contributed by atoms with E-state index in [2.05, 4.69) is 51.9 Å². The van der Waals surface area contributed by atoms with Crippen LogP contribution in [0.2, 0.25) is 0 Å². The fourth-order valence-electron chi connectivity index (χ4n) is 3.14. The first kappa shape index (κ1) is 16.3. The number of rotatable bonds is 6. The molecule has 0 aromatic heterocycles. The van der Waals surface area contributed by atoms with E-state index < -0.39 is 0 Å². The third kappa shape index (κ3) is 2.69. The molecule has 0 saturated carbocycles. The van der Waals surface area contributed by atoms with Crippen LogP contribution in [0.15, 0.2) is 10.3 Å². The van der Waals surface area contributed by atoms with Crippen LogP contribution in [0.4, 0.5) is 0 Å². The fourth-order valence-corrected chi connectivity index (χ4v) is 3.14. The maximum Gasteiger partial charge on any atom is 0.142 e.